The molecule has 0 aliphatic heterocycles. The van der Waals surface area contributed by atoms with Gasteiger partial charge < -0.3 is 5.32 Å². The van der Waals surface area contributed by atoms with E-state index in [1.54, 1.807) is 0 Å². The van der Waals surface area contributed by atoms with Crippen molar-refractivity contribution in [2.45, 2.75) is 12.3 Å². The summed E-state index contributed by atoms with van der Waals surface area (Å²) in [6.07, 6.45) is 3.21. The van der Waals surface area contributed by atoms with E-state index in [0.29, 0.717) is 16.3 Å². The van der Waals surface area contributed by atoms with Crippen LogP contribution in [0.5, 0.6) is 0 Å². The topological polar surface area (TPSA) is 67.8 Å². The fourth-order valence-electron chi connectivity index (χ4n) is 1.19. The van der Waals surface area contributed by atoms with Gasteiger partial charge in [0.15, 0.2) is 5.82 Å². The Labute approximate surface area is 121 Å². The Morgan fingerprint density at radius 2 is 2.28 bits per heavy atom. The zero-order chi connectivity index (χ0) is 13.0. The molecule has 2 aromatic rings. The summed E-state index contributed by atoms with van der Waals surface area (Å²) in [5.41, 5.74) is 0.785. The van der Waals surface area contributed by atoms with Gasteiger partial charge in [0.05, 0.1) is 30.4 Å². The van der Waals surface area contributed by atoms with Gasteiger partial charge in [-0.3, -0.25) is 4.79 Å². The van der Waals surface area contributed by atoms with Gasteiger partial charge in [-0.15, -0.1) is 22.9 Å². The Morgan fingerprint density at radius 1 is 1.44 bits per heavy atom. The van der Waals surface area contributed by atoms with Crippen LogP contribution in [0, 0.1) is 0 Å². The molecule has 2 aromatic heterocycles. The summed E-state index contributed by atoms with van der Waals surface area (Å²) in [6, 6.07) is 0. The molecule has 0 spiro atoms. The fourth-order valence-corrected chi connectivity index (χ4v) is 2.42. The molecular weight excluding hydrogens is 340 g/mol. The van der Waals surface area contributed by atoms with Crippen LogP contribution >= 0.6 is 38.9 Å². The van der Waals surface area contributed by atoms with Crippen LogP contribution in [0.15, 0.2) is 22.4 Å². The van der Waals surface area contributed by atoms with E-state index in [1.165, 1.54) is 23.7 Å². The lowest BCUT2D eigenvalue weighted by molar-refractivity contribution is -0.115. The second-order valence-corrected chi connectivity index (χ2v) is 5.34. The minimum atomic E-state index is -0.179. The number of halogens is 2. The van der Waals surface area contributed by atoms with Crippen molar-refractivity contribution in [3.05, 3.63) is 33.1 Å². The van der Waals surface area contributed by atoms with Crippen LogP contribution in [0.2, 0.25) is 0 Å². The van der Waals surface area contributed by atoms with Crippen molar-refractivity contribution in [2.75, 3.05) is 5.32 Å². The molecule has 0 bridgehead atoms. The lowest BCUT2D eigenvalue weighted by Crippen LogP contribution is -2.15. The molecule has 94 valence electrons. The second-order valence-electron chi connectivity index (χ2n) is 3.32. The first-order chi connectivity index (χ1) is 8.67. The van der Waals surface area contributed by atoms with Crippen LogP contribution in [0.25, 0.3) is 0 Å². The van der Waals surface area contributed by atoms with Crippen LogP contribution in [0.3, 0.4) is 0 Å². The molecule has 1 amide bonds. The van der Waals surface area contributed by atoms with E-state index in [9.17, 15) is 4.79 Å². The quantitative estimate of drug-likeness (QED) is 0.863. The zero-order valence-electron chi connectivity index (χ0n) is 9.06. The SMILES string of the molecule is O=C(Cc1nc(CCl)cs1)Nc1cnc(Br)cn1. The maximum atomic E-state index is 11.7. The average Bonchev–Trinajstić information content (AvgIpc) is 2.79. The van der Waals surface area contributed by atoms with E-state index >= 15 is 0 Å². The molecule has 0 atom stereocenters. The number of hydrogen-bond acceptors (Lipinski definition) is 5. The largest absolute Gasteiger partial charge is 0.309 e. The standard InChI is InChI=1S/C10H8BrClN4OS/c11-7-3-14-8(4-13-7)16-9(17)1-10-15-6(2-12)5-18-10/h3-5H,1-2H2,(H,14,16,17). The molecule has 0 radical (unpaired) electrons. The number of aromatic nitrogens is 3. The Morgan fingerprint density at radius 3 is 2.89 bits per heavy atom. The molecule has 2 heterocycles. The molecular formula is C10H8BrClN4OS. The molecule has 0 fully saturated rings. The molecule has 0 aliphatic carbocycles. The van der Waals surface area contributed by atoms with Crippen molar-refractivity contribution in [3.63, 3.8) is 0 Å². The number of amides is 1. The number of carbonyl (C=O) groups excluding carboxylic acids is 1. The highest BCUT2D eigenvalue weighted by Crippen LogP contribution is 2.13. The molecule has 0 saturated heterocycles. The first kappa shape index (κ1) is 13.4. The fraction of sp³-hybridized carbons (Fsp3) is 0.200. The number of carbonyl (C=O) groups is 1. The van der Waals surface area contributed by atoms with Gasteiger partial charge in [0.2, 0.25) is 5.91 Å². The number of rotatable bonds is 4. The van der Waals surface area contributed by atoms with Gasteiger partial charge in [0.25, 0.3) is 0 Å². The smallest absolute Gasteiger partial charge is 0.232 e. The van der Waals surface area contributed by atoms with Gasteiger partial charge in [-0.05, 0) is 15.9 Å². The predicted molar refractivity (Wildman–Crippen MR) is 73.7 cm³/mol. The van der Waals surface area contributed by atoms with Crippen molar-refractivity contribution in [1.29, 1.82) is 0 Å². The molecule has 0 aromatic carbocycles. The van der Waals surface area contributed by atoms with Gasteiger partial charge in [0.1, 0.15) is 9.61 Å². The Bertz CT molecular complexity index is 545. The van der Waals surface area contributed by atoms with Crippen molar-refractivity contribution in [3.8, 4) is 0 Å². The Balaban J connectivity index is 1.94. The second kappa shape index (κ2) is 6.21. The third-order valence-corrected chi connectivity index (χ3v) is 3.52. The van der Waals surface area contributed by atoms with Crippen LogP contribution in [-0.4, -0.2) is 20.9 Å². The predicted octanol–water partition coefficient (Wildman–Crippen LogP) is 2.62. The summed E-state index contributed by atoms with van der Waals surface area (Å²) in [4.78, 5) is 23.9. The van der Waals surface area contributed by atoms with Gasteiger partial charge in [-0.1, -0.05) is 0 Å². The average molecular weight is 348 g/mol. The first-order valence-corrected chi connectivity index (χ1v) is 7.14. The highest BCUT2D eigenvalue weighted by Gasteiger charge is 2.08. The van der Waals surface area contributed by atoms with Gasteiger partial charge in [-0.25, -0.2) is 15.0 Å². The van der Waals surface area contributed by atoms with Crippen LogP contribution in [0.1, 0.15) is 10.7 Å². The highest BCUT2D eigenvalue weighted by molar-refractivity contribution is 9.10. The van der Waals surface area contributed by atoms with Crippen LogP contribution in [-0.2, 0) is 17.1 Å². The summed E-state index contributed by atoms with van der Waals surface area (Å²) in [5, 5.41) is 5.22. The van der Waals surface area contributed by atoms with Crippen molar-refractivity contribution in [1.82, 2.24) is 15.0 Å². The molecule has 0 aliphatic rings. The number of nitrogens with one attached hydrogen (secondary N) is 1. The molecule has 2 rings (SSSR count). The molecule has 1 N–H and O–H groups in total. The van der Waals surface area contributed by atoms with Crippen LogP contribution < -0.4 is 5.32 Å². The minimum absolute atomic E-state index is 0.179. The Hall–Kier alpha value is -1.05. The minimum Gasteiger partial charge on any atom is -0.309 e. The van der Waals surface area contributed by atoms with E-state index in [-0.39, 0.29) is 12.3 Å². The first-order valence-electron chi connectivity index (χ1n) is 4.94. The molecule has 0 saturated carbocycles. The number of thiazole rings is 1. The van der Waals surface area contributed by atoms with Crippen molar-refractivity contribution >= 4 is 50.6 Å². The van der Waals surface area contributed by atoms with E-state index in [1.807, 2.05) is 5.38 Å². The van der Waals surface area contributed by atoms with Gasteiger partial charge in [-0.2, -0.15) is 0 Å². The molecule has 18 heavy (non-hydrogen) atoms. The van der Waals surface area contributed by atoms with Crippen molar-refractivity contribution < 1.29 is 4.79 Å². The normalized spacial score (nSPS) is 10.3. The lowest BCUT2D eigenvalue weighted by atomic mass is 10.4. The third-order valence-electron chi connectivity index (χ3n) is 1.94. The molecule has 5 nitrogen and oxygen atoms in total. The summed E-state index contributed by atoms with van der Waals surface area (Å²) in [5.74, 6) is 0.593. The van der Waals surface area contributed by atoms with E-state index < -0.39 is 0 Å². The zero-order valence-corrected chi connectivity index (χ0v) is 12.2. The van der Waals surface area contributed by atoms with Gasteiger partial charge >= 0.3 is 0 Å². The number of nitrogens with zero attached hydrogens (tertiary/aromatic N) is 3. The molecule has 8 heteroatoms. The molecule has 0 unspecified atom stereocenters. The van der Waals surface area contributed by atoms with E-state index in [4.69, 9.17) is 11.6 Å². The summed E-state index contributed by atoms with van der Waals surface area (Å²) < 4.78 is 0.618. The van der Waals surface area contributed by atoms with Crippen molar-refractivity contribution in [2.24, 2.45) is 0 Å². The monoisotopic (exact) mass is 346 g/mol. The maximum absolute atomic E-state index is 11.7. The number of alkyl halides is 1. The van der Waals surface area contributed by atoms with E-state index in [0.717, 1.165) is 10.7 Å². The summed E-state index contributed by atoms with van der Waals surface area (Å²) >= 11 is 10.2. The summed E-state index contributed by atoms with van der Waals surface area (Å²) in [6.45, 7) is 0. The number of anilines is 1. The third kappa shape index (κ3) is 3.72. The lowest BCUT2D eigenvalue weighted by Gasteiger charge is -2.01. The van der Waals surface area contributed by atoms with Crippen LogP contribution in [0.4, 0.5) is 5.82 Å². The van der Waals surface area contributed by atoms with Gasteiger partial charge in [0, 0.05) is 5.38 Å². The maximum Gasteiger partial charge on any atom is 0.232 e. The van der Waals surface area contributed by atoms with E-state index in [2.05, 4.69) is 36.2 Å². The number of hydrogen-bond donors (Lipinski definition) is 1. The summed E-state index contributed by atoms with van der Waals surface area (Å²) in [7, 11) is 0. The highest BCUT2D eigenvalue weighted by atomic mass is 79.9. The Kier molecular flexibility index (Phi) is 4.62.